The Morgan fingerprint density at radius 2 is 1.39 bits per heavy atom. The first-order valence-corrected chi connectivity index (χ1v) is 10.2. The Morgan fingerprint density at radius 3 is 1.87 bits per heavy atom. The number of aromatic nitrogens is 4. The molecule has 0 unspecified atom stereocenters. The molecular formula is C21H18F6N6O5. The number of benzene rings is 2. The molecule has 0 radical (unpaired) electrons. The van der Waals surface area contributed by atoms with Crippen molar-refractivity contribution in [3.8, 4) is 11.4 Å². The van der Waals surface area contributed by atoms with Crippen LogP contribution in [0.1, 0.15) is 11.1 Å². The molecule has 0 saturated heterocycles. The topological polar surface area (TPSA) is 170 Å². The molecular weight excluding hydrogens is 530 g/mol. The van der Waals surface area contributed by atoms with Crippen molar-refractivity contribution in [3.05, 3.63) is 59.7 Å². The van der Waals surface area contributed by atoms with E-state index < -0.39 is 24.3 Å². The quantitative estimate of drug-likeness (QED) is 0.309. The van der Waals surface area contributed by atoms with Gasteiger partial charge >= 0.3 is 24.3 Å². The molecule has 1 amide bonds. The molecule has 1 aliphatic rings. The molecule has 0 bridgehead atoms. The zero-order chi connectivity index (χ0) is 28.5. The molecule has 0 spiro atoms. The number of hydrogen-bond acceptors (Lipinski definition) is 7. The molecule has 4 rings (SSSR count). The smallest absolute Gasteiger partial charge is 0.475 e. The number of tetrazole rings is 1. The highest BCUT2D eigenvalue weighted by molar-refractivity contribution is 5.95. The fourth-order valence-electron chi connectivity index (χ4n) is 2.86. The fourth-order valence-corrected chi connectivity index (χ4v) is 2.86. The lowest BCUT2D eigenvalue weighted by atomic mass is 9.95. The number of aliphatic carboxylic acids is 2. The van der Waals surface area contributed by atoms with Crippen LogP contribution in [0.3, 0.4) is 0 Å². The number of alkyl halides is 6. The number of carboxylic acid groups (broad SMARTS) is 2. The monoisotopic (exact) mass is 548 g/mol. The van der Waals surface area contributed by atoms with Crippen molar-refractivity contribution in [2.24, 2.45) is 0 Å². The zero-order valence-corrected chi connectivity index (χ0v) is 18.8. The van der Waals surface area contributed by atoms with Gasteiger partial charge < -0.3 is 20.8 Å². The van der Waals surface area contributed by atoms with Gasteiger partial charge in [0.1, 0.15) is 0 Å². The molecule has 0 aliphatic carbocycles. The summed E-state index contributed by atoms with van der Waals surface area (Å²) in [6.45, 7) is 0.713. The van der Waals surface area contributed by atoms with Gasteiger partial charge in [0.15, 0.2) is 0 Å². The number of nitrogens with one attached hydrogen (secondary N) is 3. The highest BCUT2D eigenvalue weighted by Crippen LogP contribution is 2.20. The van der Waals surface area contributed by atoms with Crippen molar-refractivity contribution in [1.29, 1.82) is 0 Å². The van der Waals surface area contributed by atoms with E-state index in [-0.39, 0.29) is 11.9 Å². The molecule has 0 fully saturated rings. The molecule has 11 nitrogen and oxygen atoms in total. The van der Waals surface area contributed by atoms with Crippen LogP contribution in [0.2, 0.25) is 0 Å². The van der Waals surface area contributed by atoms with Gasteiger partial charge in [0, 0.05) is 17.8 Å². The van der Waals surface area contributed by atoms with Gasteiger partial charge in [0.05, 0.1) is 6.04 Å². The van der Waals surface area contributed by atoms with Crippen LogP contribution in [0.5, 0.6) is 0 Å². The molecule has 5 N–H and O–H groups in total. The van der Waals surface area contributed by atoms with Crippen LogP contribution in [0, 0.1) is 0 Å². The minimum Gasteiger partial charge on any atom is -0.475 e. The molecule has 204 valence electrons. The third-order valence-corrected chi connectivity index (χ3v) is 4.64. The summed E-state index contributed by atoms with van der Waals surface area (Å²) in [6.07, 6.45) is -9.47. The van der Waals surface area contributed by atoms with E-state index >= 15 is 0 Å². The number of aromatic amines is 1. The predicted octanol–water partition coefficient (Wildman–Crippen LogP) is 2.79. The fraction of sp³-hybridized carbons (Fsp3) is 0.238. The Labute approximate surface area is 208 Å². The van der Waals surface area contributed by atoms with E-state index in [1.165, 1.54) is 11.1 Å². The van der Waals surface area contributed by atoms with Gasteiger partial charge in [-0.15, -0.1) is 10.2 Å². The number of nitrogens with zero attached hydrogens (tertiary/aromatic N) is 3. The Morgan fingerprint density at radius 1 is 0.868 bits per heavy atom. The number of halogens is 6. The van der Waals surface area contributed by atoms with Gasteiger partial charge in [-0.05, 0) is 47.0 Å². The van der Waals surface area contributed by atoms with Gasteiger partial charge in [-0.2, -0.15) is 31.6 Å². The van der Waals surface area contributed by atoms with Crippen LogP contribution in [-0.2, 0) is 27.3 Å². The number of carbonyl (C=O) groups excluding carboxylic acids is 1. The number of carbonyl (C=O) groups is 3. The summed E-state index contributed by atoms with van der Waals surface area (Å²) in [7, 11) is 0. The molecule has 17 heteroatoms. The number of rotatable bonds is 3. The number of anilines is 1. The number of H-pyrrole nitrogens is 1. The van der Waals surface area contributed by atoms with Crippen LogP contribution in [0.25, 0.3) is 11.4 Å². The average Bonchev–Trinajstić information content (AvgIpc) is 3.39. The maximum atomic E-state index is 12.5. The molecule has 0 saturated carbocycles. The average molecular weight is 548 g/mol. The first-order chi connectivity index (χ1) is 17.7. The Bertz CT molecular complexity index is 1210. The third kappa shape index (κ3) is 9.16. The summed E-state index contributed by atoms with van der Waals surface area (Å²) in [5, 5.41) is 34.3. The summed E-state index contributed by atoms with van der Waals surface area (Å²) < 4.78 is 63.5. The maximum absolute atomic E-state index is 12.5. The van der Waals surface area contributed by atoms with E-state index in [9.17, 15) is 31.1 Å². The largest absolute Gasteiger partial charge is 0.490 e. The SMILES string of the molecule is O=C(Nc1ccc(-c2nn[nH]n2)cc1)[C@@H]1Cc2ccccc2CN1.O=C(O)C(F)(F)F.O=C(O)C(F)(F)F. The van der Waals surface area contributed by atoms with Crippen LogP contribution >= 0.6 is 0 Å². The summed E-state index contributed by atoms with van der Waals surface area (Å²) in [4.78, 5) is 30.3. The normalized spacial score (nSPS) is 14.5. The van der Waals surface area contributed by atoms with E-state index in [0.717, 1.165) is 11.3 Å². The second-order valence-electron chi connectivity index (χ2n) is 7.31. The summed E-state index contributed by atoms with van der Waals surface area (Å²) >= 11 is 0. The summed E-state index contributed by atoms with van der Waals surface area (Å²) in [6, 6.07) is 15.3. The molecule has 1 aromatic heterocycles. The lowest BCUT2D eigenvalue weighted by Crippen LogP contribution is -2.44. The van der Waals surface area contributed by atoms with Crippen LogP contribution in [0.4, 0.5) is 32.0 Å². The highest BCUT2D eigenvalue weighted by atomic mass is 19.4. The van der Waals surface area contributed by atoms with Crippen molar-refractivity contribution in [1.82, 2.24) is 25.9 Å². The zero-order valence-electron chi connectivity index (χ0n) is 18.8. The molecule has 3 aromatic rings. The third-order valence-electron chi connectivity index (χ3n) is 4.64. The van der Waals surface area contributed by atoms with Crippen LogP contribution < -0.4 is 10.6 Å². The minimum absolute atomic E-state index is 0.0307. The van der Waals surface area contributed by atoms with E-state index in [1.54, 1.807) is 0 Å². The van der Waals surface area contributed by atoms with E-state index in [2.05, 4.69) is 43.4 Å². The lowest BCUT2D eigenvalue weighted by molar-refractivity contribution is -0.193. The Kier molecular flexibility index (Phi) is 9.86. The highest BCUT2D eigenvalue weighted by Gasteiger charge is 2.38. The molecule has 2 aromatic carbocycles. The van der Waals surface area contributed by atoms with Crippen molar-refractivity contribution in [2.75, 3.05) is 5.32 Å². The van der Waals surface area contributed by atoms with Gasteiger partial charge in [-0.25, -0.2) is 9.59 Å². The van der Waals surface area contributed by atoms with Crippen molar-refractivity contribution < 1.29 is 50.9 Å². The molecule has 1 atom stereocenters. The number of carboxylic acids is 2. The summed E-state index contributed by atoms with van der Waals surface area (Å²) in [5.74, 6) is -5.02. The number of amides is 1. The maximum Gasteiger partial charge on any atom is 0.490 e. The van der Waals surface area contributed by atoms with Crippen LogP contribution in [0.15, 0.2) is 48.5 Å². The van der Waals surface area contributed by atoms with Crippen molar-refractivity contribution in [3.63, 3.8) is 0 Å². The first-order valence-electron chi connectivity index (χ1n) is 10.2. The molecule has 38 heavy (non-hydrogen) atoms. The van der Waals surface area contributed by atoms with Gasteiger partial charge in [-0.3, -0.25) is 4.79 Å². The van der Waals surface area contributed by atoms with Gasteiger partial charge in [0.2, 0.25) is 11.7 Å². The predicted molar refractivity (Wildman–Crippen MR) is 116 cm³/mol. The van der Waals surface area contributed by atoms with Gasteiger partial charge in [0.25, 0.3) is 0 Å². The van der Waals surface area contributed by atoms with Crippen molar-refractivity contribution in [2.45, 2.75) is 31.4 Å². The minimum atomic E-state index is -5.08. The van der Waals surface area contributed by atoms with E-state index in [4.69, 9.17) is 19.8 Å². The second-order valence-corrected chi connectivity index (χ2v) is 7.31. The number of fused-ring (bicyclic) bond motifs is 1. The van der Waals surface area contributed by atoms with Crippen molar-refractivity contribution >= 4 is 23.5 Å². The van der Waals surface area contributed by atoms with Gasteiger partial charge in [-0.1, -0.05) is 24.3 Å². The van der Waals surface area contributed by atoms with E-state index in [1.807, 2.05) is 36.4 Å². The number of hydrogen-bond donors (Lipinski definition) is 5. The van der Waals surface area contributed by atoms with Crippen LogP contribution in [-0.4, -0.2) is 67.1 Å². The first kappa shape index (κ1) is 29.7. The Hall–Kier alpha value is -4.54. The molecule has 1 aliphatic heterocycles. The standard InChI is InChI=1S/C17H16N6O.2C2HF3O2/c24-17(15-9-12-3-1-2-4-13(12)10-18-15)19-14-7-5-11(6-8-14)16-20-22-23-21-16;2*3-2(4,5)1(6)7/h1-8,15,18H,9-10H2,(H,19,24)(H,20,21,22,23);2*(H,6,7)/t15-;;/m0../s1. The Balaban J connectivity index is 0.000000301. The molecule has 2 heterocycles. The second kappa shape index (κ2) is 12.6. The van der Waals surface area contributed by atoms with E-state index in [0.29, 0.717) is 18.8 Å². The lowest BCUT2D eigenvalue weighted by Gasteiger charge is -2.25. The summed E-state index contributed by atoms with van der Waals surface area (Å²) in [5.41, 5.74) is 4.06.